The molecule has 0 radical (unpaired) electrons. The zero-order valence-corrected chi connectivity index (χ0v) is 11.8. The van der Waals surface area contributed by atoms with Crippen LogP contribution in [-0.4, -0.2) is 17.3 Å². The fraction of sp³-hybridized carbons (Fsp3) is 0.364. The SMILES string of the molecule is Cc1cc(F)c(Br)cc1N1CCC(Br)C1=O. The molecule has 16 heavy (non-hydrogen) atoms. The van der Waals surface area contributed by atoms with Crippen molar-refractivity contribution in [2.45, 2.75) is 18.2 Å². The number of alkyl halides is 1. The van der Waals surface area contributed by atoms with E-state index >= 15 is 0 Å². The molecule has 1 aliphatic rings. The molecule has 1 aromatic carbocycles. The number of amides is 1. The molecule has 1 saturated heterocycles. The second-order valence-electron chi connectivity index (χ2n) is 3.80. The first kappa shape index (κ1) is 12.0. The molecular weight excluding hydrogens is 341 g/mol. The minimum atomic E-state index is -0.303. The van der Waals surface area contributed by atoms with Crippen LogP contribution in [0, 0.1) is 12.7 Å². The summed E-state index contributed by atoms with van der Waals surface area (Å²) in [5, 5.41) is 0. The van der Waals surface area contributed by atoms with Crippen LogP contribution in [0.15, 0.2) is 16.6 Å². The van der Waals surface area contributed by atoms with E-state index in [0.29, 0.717) is 11.0 Å². The van der Waals surface area contributed by atoms with E-state index in [4.69, 9.17) is 0 Å². The number of hydrogen-bond acceptors (Lipinski definition) is 1. The molecule has 2 rings (SSSR count). The van der Waals surface area contributed by atoms with Crippen molar-refractivity contribution in [3.05, 3.63) is 28.0 Å². The van der Waals surface area contributed by atoms with Gasteiger partial charge in [0.25, 0.3) is 0 Å². The Morgan fingerprint density at radius 2 is 2.19 bits per heavy atom. The lowest BCUT2D eigenvalue weighted by Crippen LogP contribution is -2.27. The largest absolute Gasteiger partial charge is 0.311 e. The maximum absolute atomic E-state index is 13.3. The summed E-state index contributed by atoms with van der Waals surface area (Å²) in [6.45, 7) is 2.48. The fourth-order valence-corrected chi connectivity index (χ4v) is 2.59. The summed E-state index contributed by atoms with van der Waals surface area (Å²) in [5.74, 6) is -0.259. The fourth-order valence-electron chi connectivity index (χ4n) is 1.81. The van der Waals surface area contributed by atoms with Crippen molar-refractivity contribution in [2.24, 2.45) is 0 Å². The van der Waals surface area contributed by atoms with E-state index in [-0.39, 0.29) is 16.6 Å². The van der Waals surface area contributed by atoms with E-state index < -0.39 is 0 Å². The highest BCUT2D eigenvalue weighted by atomic mass is 79.9. The average Bonchev–Trinajstić information content (AvgIpc) is 2.54. The number of hydrogen-bond donors (Lipinski definition) is 0. The molecule has 1 aliphatic heterocycles. The molecule has 0 spiro atoms. The zero-order valence-electron chi connectivity index (χ0n) is 8.64. The van der Waals surface area contributed by atoms with Crippen LogP contribution in [-0.2, 0) is 4.79 Å². The minimum absolute atomic E-state index is 0.0432. The summed E-state index contributed by atoms with van der Waals surface area (Å²) in [5.41, 5.74) is 1.55. The number of carbonyl (C=O) groups is 1. The van der Waals surface area contributed by atoms with Gasteiger partial charge in [-0.25, -0.2) is 4.39 Å². The van der Waals surface area contributed by atoms with Crippen molar-refractivity contribution < 1.29 is 9.18 Å². The van der Waals surface area contributed by atoms with Crippen molar-refractivity contribution in [3.63, 3.8) is 0 Å². The van der Waals surface area contributed by atoms with E-state index in [1.54, 1.807) is 17.9 Å². The molecule has 1 unspecified atom stereocenters. The van der Waals surface area contributed by atoms with Crippen LogP contribution in [0.25, 0.3) is 0 Å². The van der Waals surface area contributed by atoms with Gasteiger partial charge in [-0.15, -0.1) is 0 Å². The molecule has 1 fully saturated rings. The number of halogens is 3. The van der Waals surface area contributed by atoms with Crippen LogP contribution in [0.4, 0.5) is 10.1 Å². The minimum Gasteiger partial charge on any atom is -0.311 e. The number of aryl methyl sites for hydroxylation is 1. The van der Waals surface area contributed by atoms with Crippen molar-refractivity contribution in [1.29, 1.82) is 0 Å². The Kier molecular flexibility index (Phi) is 3.35. The van der Waals surface area contributed by atoms with Crippen molar-refractivity contribution in [3.8, 4) is 0 Å². The maximum Gasteiger partial charge on any atom is 0.240 e. The van der Waals surface area contributed by atoms with E-state index in [1.807, 2.05) is 0 Å². The molecule has 1 amide bonds. The normalized spacial score (nSPS) is 20.6. The van der Waals surface area contributed by atoms with Gasteiger partial charge in [-0.05, 0) is 47.0 Å². The number of rotatable bonds is 1. The number of carbonyl (C=O) groups excluding carboxylic acids is 1. The van der Waals surface area contributed by atoms with Gasteiger partial charge in [0.1, 0.15) is 5.82 Å². The van der Waals surface area contributed by atoms with Gasteiger partial charge in [-0.2, -0.15) is 0 Å². The Morgan fingerprint density at radius 3 is 2.75 bits per heavy atom. The first-order valence-electron chi connectivity index (χ1n) is 4.92. The number of anilines is 1. The van der Waals surface area contributed by atoms with Gasteiger partial charge in [0.15, 0.2) is 0 Å². The molecular formula is C11H10Br2FNO. The number of benzene rings is 1. The smallest absolute Gasteiger partial charge is 0.240 e. The monoisotopic (exact) mass is 349 g/mol. The molecule has 0 N–H and O–H groups in total. The maximum atomic E-state index is 13.3. The van der Waals surface area contributed by atoms with Crippen LogP contribution >= 0.6 is 31.9 Å². The van der Waals surface area contributed by atoms with Crippen molar-refractivity contribution in [1.82, 2.24) is 0 Å². The van der Waals surface area contributed by atoms with Crippen LogP contribution in [0.5, 0.6) is 0 Å². The Balaban J connectivity index is 2.41. The van der Waals surface area contributed by atoms with Crippen LogP contribution in [0.2, 0.25) is 0 Å². The van der Waals surface area contributed by atoms with Crippen LogP contribution in [0.3, 0.4) is 0 Å². The van der Waals surface area contributed by atoms with Crippen molar-refractivity contribution >= 4 is 43.5 Å². The third-order valence-electron chi connectivity index (χ3n) is 2.67. The Morgan fingerprint density at radius 1 is 1.50 bits per heavy atom. The molecule has 2 nitrogen and oxygen atoms in total. The number of nitrogens with zero attached hydrogens (tertiary/aromatic N) is 1. The second-order valence-corrected chi connectivity index (χ2v) is 5.76. The molecule has 0 aromatic heterocycles. The third-order valence-corrected chi connectivity index (χ3v) is 4.13. The van der Waals surface area contributed by atoms with Gasteiger partial charge in [-0.1, -0.05) is 15.9 Å². The quantitative estimate of drug-likeness (QED) is 0.711. The molecule has 1 heterocycles. The Bertz CT molecular complexity index is 450. The summed E-state index contributed by atoms with van der Waals surface area (Å²) in [6.07, 6.45) is 0.785. The second kappa shape index (κ2) is 4.45. The molecule has 1 atom stereocenters. The highest BCUT2D eigenvalue weighted by molar-refractivity contribution is 9.10. The van der Waals surface area contributed by atoms with Crippen molar-refractivity contribution in [2.75, 3.05) is 11.4 Å². The molecule has 0 aliphatic carbocycles. The van der Waals surface area contributed by atoms with Gasteiger partial charge < -0.3 is 4.90 Å². The molecule has 1 aromatic rings. The third kappa shape index (κ3) is 2.02. The highest BCUT2D eigenvalue weighted by Gasteiger charge is 2.31. The van der Waals surface area contributed by atoms with Crippen LogP contribution in [0.1, 0.15) is 12.0 Å². The summed E-state index contributed by atoms with van der Waals surface area (Å²) in [7, 11) is 0. The zero-order chi connectivity index (χ0) is 11.9. The molecule has 5 heteroatoms. The standard InChI is InChI=1S/C11H10Br2FNO/c1-6-4-9(14)8(13)5-10(6)15-3-2-7(12)11(15)16/h4-5,7H,2-3H2,1H3. The predicted molar refractivity (Wildman–Crippen MR) is 68.5 cm³/mol. The summed E-state index contributed by atoms with van der Waals surface area (Å²) < 4.78 is 13.6. The van der Waals surface area contributed by atoms with E-state index in [0.717, 1.165) is 17.7 Å². The summed E-state index contributed by atoms with van der Waals surface area (Å²) >= 11 is 6.46. The lowest BCUT2D eigenvalue weighted by Gasteiger charge is -2.19. The summed E-state index contributed by atoms with van der Waals surface area (Å²) in [4.78, 5) is 13.4. The topological polar surface area (TPSA) is 20.3 Å². The molecule has 86 valence electrons. The highest BCUT2D eigenvalue weighted by Crippen LogP contribution is 2.31. The van der Waals surface area contributed by atoms with E-state index in [2.05, 4.69) is 31.9 Å². The first-order valence-corrected chi connectivity index (χ1v) is 6.62. The first-order chi connectivity index (χ1) is 7.50. The lowest BCUT2D eigenvalue weighted by atomic mass is 10.2. The van der Waals surface area contributed by atoms with Gasteiger partial charge in [0.05, 0.1) is 9.30 Å². The Labute approximate surface area is 110 Å². The predicted octanol–water partition coefficient (Wildman–Crippen LogP) is 3.40. The van der Waals surface area contributed by atoms with Crippen LogP contribution < -0.4 is 4.90 Å². The van der Waals surface area contributed by atoms with E-state index in [1.165, 1.54) is 6.07 Å². The van der Waals surface area contributed by atoms with Gasteiger partial charge in [0.2, 0.25) is 5.91 Å². The Hall–Kier alpha value is -0.420. The van der Waals surface area contributed by atoms with Gasteiger partial charge in [-0.3, -0.25) is 4.79 Å². The summed E-state index contributed by atoms with van der Waals surface area (Å²) in [6, 6.07) is 3.10. The van der Waals surface area contributed by atoms with E-state index in [9.17, 15) is 9.18 Å². The average molecular weight is 351 g/mol. The lowest BCUT2D eigenvalue weighted by molar-refractivity contribution is -0.116. The molecule has 0 bridgehead atoms. The van der Waals surface area contributed by atoms with Gasteiger partial charge in [0, 0.05) is 12.2 Å². The van der Waals surface area contributed by atoms with Gasteiger partial charge >= 0.3 is 0 Å². The molecule has 0 saturated carbocycles.